The number of ether oxygens (including phenoxy) is 1. The second-order valence-corrected chi connectivity index (χ2v) is 15.1. The fourth-order valence-corrected chi connectivity index (χ4v) is 11.4. The van der Waals surface area contributed by atoms with E-state index >= 15 is 0 Å². The van der Waals surface area contributed by atoms with E-state index < -0.39 is 35.4 Å². The highest BCUT2D eigenvalue weighted by Gasteiger charge is 2.70. The molecule has 2 bridgehead atoms. The highest BCUT2D eigenvalue weighted by Crippen LogP contribution is 2.69. The Balaban J connectivity index is 1.19. The summed E-state index contributed by atoms with van der Waals surface area (Å²) in [6.07, 6.45) is -3.97. The van der Waals surface area contributed by atoms with Gasteiger partial charge in [0.15, 0.2) is 0 Å². The standard InChI is InChI=1S/C34H26ClF3N2O4S2/c1-15-4-2-5-16(10-15)14-44-23-9-8-18(35)12-20(23)24-25-21-13-22(28(25)45-30-29(24)46-33(43)39-30)27-26(21)31(41)40(32(27)42)19-7-3-6-17(11-19)34(36,37)38/h2-12,21-22,24-28H,13-14H2,1H3,(H,39,43)/t21?,22?,24-,25?,26?,27?,28?/m1/s1. The molecule has 12 heteroatoms. The zero-order chi connectivity index (χ0) is 32.1. The summed E-state index contributed by atoms with van der Waals surface area (Å²) in [5, 5.41) is 1.14. The number of hydrogen-bond acceptors (Lipinski definition) is 6. The van der Waals surface area contributed by atoms with Gasteiger partial charge in [-0.3, -0.25) is 19.3 Å². The molecular weight excluding hydrogens is 657 g/mol. The highest BCUT2D eigenvalue weighted by atomic mass is 35.5. The summed E-state index contributed by atoms with van der Waals surface area (Å²) in [5.74, 6) is -2.47. The predicted molar refractivity (Wildman–Crippen MR) is 169 cm³/mol. The number of carbonyl (C=O) groups excluding carboxylic acids is 2. The zero-order valence-corrected chi connectivity index (χ0v) is 26.6. The van der Waals surface area contributed by atoms with Crippen LogP contribution in [-0.2, 0) is 22.4 Å². The first kappa shape index (κ1) is 29.8. The molecule has 3 fully saturated rings. The van der Waals surface area contributed by atoms with Gasteiger partial charge in [-0.25, -0.2) is 0 Å². The molecule has 3 aromatic carbocycles. The highest BCUT2D eigenvalue weighted by molar-refractivity contribution is 8.00. The number of aromatic amines is 1. The summed E-state index contributed by atoms with van der Waals surface area (Å²) in [4.78, 5) is 45.3. The molecule has 0 spiro atoms. The van der Waals surface area contributed by atoms with Crippen molar-refractivity contribution < 1.29 is 27.5 Å². The van der Waals surface area contributed by atoms with Gasteiger partial charge in [0.1, 0.15) is 12.4 Å². The van der Waals surface area contributed by atoms with Crippen LogP contribution in [0.4, 0.5) is 18.9 Å². The van der Waals surface area contributed by atoms with E-state index in [1.54, 1.807) is 6.07 Å². The number of benzene rings is 3. The van der Waals surface area contributed by atoms with Crippen LogP contribution in [-0.4, -0.2) is 22.0 Å². The fraction of sp³-hybridized carbons (Fsp3) is 0.324. The molecule has 1 saturated heterocycles. The number of alkyl halides is 3. The molecule has 4 aromatic rings. The van der Waals surface area contributed by atoms with Crippen LogP contribution in [0, 0.1) is 36.5 Å². The maximum atomic E-state index is 14.0. The Morgan fingerprint density at radius 2 is 1.74 bits per heavy atom. The van der Waals surface area contributed by atoms with Crippen molar-refractivity contribution in [2.45, 2.75) is 42.3 Å². The molecule has 4 aliphatic rings. The lowest BCUT2D eigenvalue weighted by Gasteiger charge is -2.43. The topological polar surface area (TPSA) is 79.5 Å². The number of carbonyl (C=O) groups is 2. The van der Waals surface area contributed by atoms with Crippen LogP contribution in [0.25, 0.3) is 0 Å². The zero-order valence-electron chi connectivity index (χ0n) is 24.2. The van der Waals surface area contributed by atoms with E-state index in [-0.39, 0.29) is 39.5 Å². The third-order valence-electron chi connectivity index (χ3n) is 9.94. The third kappa shape index (κ3) is 4.65. The van der Waals surface area contributed by atoms with Crippen molar-refractivity contribution in [3.05, 3.63) is 109 Å². The lowest BCUT2D eigenvalue weighted by Crippen LogP contribution is -2.42. The van der Waals surface area contributed by atoms with Crippen LogP contribution in [0.3, 0.4) is 0 Å². The average Bonchev–Trinajstić information content (AvgIpc) is 3.75. The van der Waals surface area contributed by atoms with Gasteiger partial charge in [0.25, 0.3) is 0 Å². The second-order valence-electron chi connectivity index (χ2n) is 12.5. The molecular formula is C34H26ClF3N2O4S2. The number of nitrogens with zero attached hydrogens (tertiary/aromatic N) is 1. The molecule has 6 nitrogen and oxygen atoms in total. The molecule has 0 radical (unpaired) electrons. The smallest absolute Gasteiger partial charge is 0.416 e. The van der Waals surface area contributed by atoms with Gasteiger partial charge in [-0.05, 0) is 73.1 Å². The summed E-state index contributed by atoms with van der Waals surface area (Å²) < 4.78 is 47.0. The van der Waals surface area contributed by atoms with Gasteiger partial charge in [-0.15, -0.1) is 11.8 Å². The van der Waals surface area contributed by atoms with Crippen LogP contribution in [0.5, 0.6) is 5.75 Å². The normalized spacial score (nSPS) is 27.9. The summed E-state index contributed by atoms with van der Waals surface area (Å²) in [6, 6.07) is 17.9. The van der Waals surface area contributed by atoms with E-state index in [1.165, 1.54) is 23.9 Å². The molecule has 2 saturated carbocycles. The van der Waals surface area contributed by atoms with Crippen LogP contribution in [0.15, 0.2) is 76.6 Å². The van der Waals surface area contributed by atoms with E-state index in [4.69, 9.17) is 16.3 Å². The molecule has 3 heterocycles. The van der Waals surface area contributed by atoms with Gasteiger partial charge in [-0.1, -0.05) is 58.8 Å². The van der Waals surface area contributed by atoms with Crippen LogP contribution >= 0.6 is 34.7 Å². The van der Waals surface area contributed by atoms with E-state index in [1.807, 2.05) is 43.3 Å². The van der Waals surface area contributed by atoms with Gasteiger partial charge in [-0.2, -0.15) is 13.2 Å². The number of hydrogen-bond donors (Lipinski definition) is 1. The lowest BCUT2D eigenvalue weighted by molar-refractivity contribution is -0.137. The minimum absolute atomic E-state index is 0.0593. The SMILES string of the molecule is Cc1cccc(COc2ccc(Cl)cc2[C@H]2c3sc(=O)[nH]c3SC3C4CC(C5C(=O)N(c6cccc(C(F)(F)F)c6)C(=O)C45)C32)c1. The lowest BCUT2D eigenvalue weighted by atomic mass is 9.68. The van der Waals surface area contributed by atoms with Gasteiger partial charge >= 0.3 is 11.0 Å². The van der Waals surface area contributed by atoms with E-state index in [0.29, 0.717) is 23.8 Å². The Kier molecular flexibility index (Phi) is 6.97. The first-order chi connectivity index (χ1) is 22.0. The number of aryl methyl sites for hydroxylation is 1. The molecule has 7 atom stereocenters. The maximum absolute atomic E-state index is 14.0. The number of anilines is 1. The molecule has 2 aliphatic carbocycles. The summed E-state index contributed by atoms with van der Waals surface area (Å²) in [7, 11) is 0. The molecule has 2 aliphatic heterocycles. The quantitative estimate of drug-likeness (QED) is 0.219. The van der Waals surface area contributed by atoms with Gasteiger partial charge in [0.2, 0.25) is 11.8 Å². The van der Waals surface area contributed by atoms with Crippen molar-refractivity contribution in [1.29, 1.82) is 0 Å². The third-order valence-corrected chi connectivity index (χ3v) is 12.8. The molecule has 6 unspecified atom stereocenters. The largest absolute Gasteiger partial charge is 0.489 e. The molecule has 2 amide bonds. The first-order valence-electron chi connectivity index (χ1n) is 14.9. The Morgan fingerprint density at radius 1 is 0.978 bits per heavy atom. The van der Waals surface area contributed by atoms with Crippen LogP contribution in [0.1, 0.15) is 39.5 Å². The van der Waals surface area contributed by atoms with Gasteiger partial charge < -0.3 is 9.72 Å². The van der Waals surface area contributed by atoms with E-state index in [0.717, 1.165) is 55.0 Å². The number of nitrogens with one attached hydrogen (secondary N) is 1. The molecule has 46 heavy (non-hydrogen) atoms. The molecule has 1 aromatic heterocycles. The first-order valence-corrected chi connectivity index (χ1v) is 17.0. The fourth-order valence-electron chi connectivity index (χ4n) is 8.30. The number of H-pyrrole nitrogens is 1. The molecule has 1 N–H and O–H groups in total. The summed E-state index contributed by atoms with van der Waals surface area (Å²) in [5.41, 5.74) is 1.94. The van der Waals surface area contributed by atoms with Crippen molar-refractivity contribution in [2.24, 2.45) is 29.6 Å². The number of thioether (sulfide) groups is 1. The van der Waals surface area contributed by atoms with Crippen molar-refractivity contribution in [2.75, 3.05) is 4.90 Å². The Morgan fingerprint density at radius 3 is 2.50 bits per heavy atom. The van der Waals surface area contributed by atoms with E-state index in [9.17, 15) is 27.6 Å². The maximum Gasteiger partial charge on any atom is 0.416 e. The number of amides is 2. The Hall–Kier alpha value is -3.54. The van der Waals surface area contributed by atoms with Crippen LogP contribution < -0.4 is 14.5 Å². The predicted octanol–water partition coefficient (Wildman–Crippen LogP) is 7.67. The van der Waals surface area contributed by atoms with Crippen molar-refractivity contribution in [3.63, 3.8) is 0 Å². The van der Waals surface area contributed by atoms with Crippen molar-refractivity contribution in [3.8, 4) is 5.75 Å². The number of aromatic nitrogens is 1. The van der Waals surface area contributed by atoms with Gasteiger partial charge in [0.05, 0.1) is 28.1 Å². The van der Waals surface area contributed by atoms with E-state index in [2.05, 4.69) is 4.98 Å². The molecule has 8 rings (SSSR count). The minimum Gasteiger partial charge on any atom is -0.489 e. The van der Waals surface area contributed by atoms with Crippen LogP contribution in [0.2, 0.25) is 5.02 Å². The monoisotopic (exact) mass is 682 g/mol. The molecule has 236 valence electrons. The number of fused-ring (bicyclic) bond motifs is 9. The summed E-state index contributed by atoms with van der Waals surface area (Å²) >= 11 is 9.25. The minimum atomic E-state index is -4.61. The Labute approximate surface area is 274 Å². The number of imide groups is 1. The second kappa shape index (κ2) is 10.7. The number of thiazole rings is 1. The summed E-state index contributed by atoms with van der Waals surface area (Å²) in [6.45, 7) is 2.33. The van der Waals surface area contributed by atoms with Crippen molar-refractivity contribution in [1.82, 2.24) is 4.98 Å². The number of rotatable bonds is 5. The Bertz CT molecular complexity index is 1980. The average molecular weight is 683 g/mol. The number of halogens is 4. The van der Waals surface area contributed by atoms with Crippen molar-refractivity contribution >= 4 is 52.2 Å². The van der Waals surface area contributed by atoms with Gasteiger partial charge in [0, 0.05) is 26.6 Å².